The lowest BCUT2D eigenvalue weighted by molar-refractivity contribution is -0.388. The monoisotopic (exact) mass is 1540 g/mol. The summed E-state index contributed by atoms with van der Waals surface area (Å²) in [6, 6.07) is -6.81. The molecular formula is C58H98N4O43. The van der Waals surface area contributed by atoms with E-state index in [1.165, 1.54) is 0 Å². The maximum Gasteiger partial charge on any atom is 0.217 e. The Hall–Kier alpha value is -3.68. The molecule has 608 valence electrons. The number of aliphatic hydroxyl groups excluding tert-OH is 23. The van der Waals surface area contributed by atoms with Crippen molar-refractivity contribution in [2.75, 3.05) is 66.1 Å². The second-order valence-electron chi connectivity index (χ2n) is 26.1. The van der Waals surface area contributed by atoms with Crippen LogP contribution in [0.5, 0.6) is 0 Å². The third kappa shape index (κ3) is 19.8. The van der Waals surface area contributed by atoms with Gasteiger partial charge in [0.1, 0.15) is 195 Å². The quantitative estimate of drug-likeness (QED) is 0.0287. The molecule has 0 unspecified atom stereocenters. The Labute approximate surface area is 594 Å². The zero-order chi connectivity index (χ0) is 77.3. The first-order valence-electron chi connectivity index (χ1n) is 33.3. The molecule has 8 saturated heterocycles. The molecule has 8 aliphatic heterocycles. The molecule has 0 aliphatic carbocycles. The standard InChI is InChI=1S/C58H98N4O43/c1-15(72)60-27-36(81)45(100-55-40(85)37(82)30(75)19(5-64)94-55)24(10-69)97-51(27)91-13-26-35(80)50(105-53-28(61-16(2)73)47(32(77)21(7-66)93-53)102-56-41(86)38(83)31(76)20(6-65)95-56)44(89)58(99-26)103-48-29(62-17(3)74)52(92-22(8-67)33(48)78)104-49-34(79)23(9-68)96-57(43(49)88)101-46-25(11-70)98-54(42(87)39(46)84)90-12-18(4-63)59-14-71/h14,18-58,63-70,75-89H,4-13H2,1-3H3,(H,59,71)(H,60,72)(H,61,73)(H,62,74)/t18-,19-,20-,21-,22-,23-,24-,25-,26-,27-,28-,29-,30+,31+,32-,33-,34+,35+,36-,37+,38+,39-,40-,41-,42-,43-,44-,45-,46-,47-,48-,49+,50+,51-,52+,53+,54-,55+,56+,57+,58+/m1/s1. The minimum absolute atomic E-state index is 0.247. The fraction of sp³-hybridized carbons (Fsp3) is 0.931. The molecular weight excluding hydrogens is 1440 g/mol. The van der Waals surface area contributed by atoms with Crippen LogP contribution in [0.25, 0.3) is 0 Å². The Morgan fingerprint density at radius 2 is 0.619 bits per heavy atom. The van der Waals surface area contributed by atoms with E-state index in [0.717, 1.165) is 20.8 Å². The average Bonchev–Trinajstić information content (AvgIpc) is 0.776. The van der Waals surface area contributed by atoms with Crippen LogP contribution in [-0.4, -0.2) is 459 Å². The molecule has 8 heterocycles. The highest BCUT2D eigenvalue weighted by Gasteiger charge is 2.60. The van der Waals surface area contributed by atoms with Crippen LogP contribution in [0.15, 0.2) is 0 Å². The Balaban J connectivity index is 1.12. The van der Waals surface area contributed by atoms with E-state index in [4.69, 9.17) is 75.8 Å². The van der Waals surface area contributed by atoms with Crippen molar-refractivity contribution in [2.45, 2.75) is 272 Å². The fourth-order valence-corrected chi connectivity index (χ4v) is 13.2. The van der Waals surface area contributed by atoms with Crippen LogP contribution >= 0.6 is 0 Å². The van der Waals surface area contributed by atoms with Crippen LogP contribution in [-0.2, 0) is 95.0 Å². The van der Waals surface area contributed by atoms with E-state index in [1.807, 2.05) is 0 Å². The second kappa shape index (κ2) is 39.0. The van der Waals surface area contributed by atoms with Gasteiger partial charge in [-0.05, 0) is 0 Å². The molecule has 0 aromatic rings. The molecule has 27 N–H and O–H groups in total. The van der Waals surface area contributed by atoms with Crippen LogP contribution in [0.4, 0.5) is 0 Å². The Morgan fingerprint density at radius 3 is 1.01 bits per heavy atom. The van der Waals surface area contributed by atoms with E-state index in [1.54, 1.807) is 0 Å². The first-order valence-corrected chi connectivity index (χ1v) is 33.3. The van der Waals surface area contributed by atoms with Crippen molar-refractivity contribution in [3.8, 4) is 0 Å². The Bertz CT molecular complexity index is 2690. The van der Waals surface area contributed by atoms with Crippen molar-refractivity contribution in [3.63, 3.8) is 0 Å². The van der Waals surface area contributed by atoms with E-state index in [9.17, 15) is 137 Å². The van der Waals surface area contributed by atoms with Crippen molar-refractivity contribution in [2.24, 2.45) is 0 Å². The van der Waals surface area contributed by atoms with Crippen LogP contribution in [0.2, 0.25) is 0 Å². The number of carbonyl (C=O) groups is 4. The average molecular weight is 1540 g/mol. The molecule has 8 fully saturated rings. The molecule has 0 bridgehead atoms. The Morgan fingerprint density at radius 1 is 0.314 bits per heavy atom. The van der Waals surface area contributed by atoms with Gasteiger partial charge in [-0.2, -0.15) is 0 Å². The lowest BCUT2D eigenvalue weighted by Gasteiger charge is -2.51. The van der Waals surface area contributed by atoms with Gasteiger partial charge in [0.15, 0.2) is 50.3 Å². The molecule has 0 spiro atoms. The first-order chi connectivity index (χ1) is 49.8. The molecule has 47 nitrogen and oxygen atoms in total. The normalized spacial score (nSPS) is 47.3. The number of aliphatic hydroxyl groups is 23. The molecule has 0 aromatic heterocycles. The zero-order valence-corrected chi connectivity index (χ0v) is 56.3. The topological polar surface area (TPSA) is 729 Å². The fourth-order valence-electron chi connectivity index (χ4n) is 13.2. The lowest BCUT2D eigenvalue weighted by Crippen LogP contribution is -2.71. The van der Waals surface area contributed by atoms with Gasteiger partial charge in [-0.25, -0.2) is 0 Å². The van der Waals surface area contributed by atoms with Crippen LogP contribution < -0.4 is 21.3 Å². The van der Waals surface area contributed by atoms with Gasteiger partial charge in [0, 0.05) is 20.8 Å². The first kappa shape index (κ1) is 86.9. The summed E-state index contributed by atoms with van der Waals surface area (Å²) in [6.45, 7) is -6.81. The van der Waals surface area contributed by atoms with Crippen molar-refractivity contribution in [1.29, 1.82) is 0 Å². The summed E-state index contributed by atoms with van der Waals surface area (Å²) in [5, 5.41) is 262. The summed E-state index contributed by atoms with van der Waals surface area (Å²) < 4.78 is 93.9. The highest BCUT2D eigenvalue weighted by atomic mass is 16.8. The number of ether oxygens (including phenoxy) is 16. The summed E-state index contributed by atoms with van der Waals surface area (Å²) in [7, 11) is 0. The van der Waals surface area contributed by atoms with E-state index >= 15 is 0 Å². The van der Waals surface area contributed by atoms with Crippen molar-refractivity contribution in [1.82, 2.24) is 21.3 Å². The predicted octanol–water partition coefficient (Wildman–Crippen LogP) is -18.9. The maximum atomic E-state index is 13.3. The largest absolute Gasteiger partial charge is 0.394 e. The maximum absolute atomic E-state index is 13.3. The van der Waals surface area contributed by atoms with E-state index in [2.05, 4.69) is 21.3 Å². The van der Waals surface area contributed by atoms with Crippen LogP contribution in [0, 0.1) is 0 Å². The van der Waals surface area contributed by atoms with Gasteiger partial charge in [0.05, 0.1) is 72.1 Å². The van der Waals surface area contributed by atoms with Gasteiger partial charge in [-0.3, -0.25) is 19.2 Å². The summed E-state index contributed by atoms with van der Waals surface area (Å²) >= 11 is 0. The molecule has 47 heteroatoms. The smallest absolute Gasteiger partial charge is 0.217 e. The molecule has 0 saturated carbocycles. The highest BCUT2D eigenvalue weighted by Crippen LogP contribution is 2.39. The molecule has 8 rings (SSSR count). The third-order valence-corrected chi connectivity index (χ3v) is 18.8. The minimum Gasteiger partial charge on any atom is -0.394 e. The number of amides is 4. The highest BCUT2D eigenvalue weighted by molar-refractivity contribution is 5.74. The molecule has 8 aliphatic rings. The van der Waals surface area contributed by atoms with Gasteiger partial charge < -0.3 is 215 Å². The van der Waals surface area contributed by atoms with E-state index in [-0.39, 0.29) is 6.41 Å². The SMILES string of the molecule is CC(=O)N[C@H]1[C@H](OC[C@H]2O[C@@H](O[C@H]3[C@H](O)[C@@H](CO)O[C@@H](O[C@H]4[C@@H](O)[C@@H](CO)O[C@@H](O[C@H]5[C@H](O)[C@@H](O)[C@H](OC[C@@H](CO)NC=O)O[C@@H]5CO)[C@@H]4O)[C@@H]3NC(C)=O)[C@H](O)[C@@H](O[C@@H]3O[C@H](CO)[C@@H](O)[C@H](O[C@@H]4O[C@H](CO)[C@H](O)[C@H](O)[C@H]4O)[C@H]3NC(C)=O)[C@H]2O)O[C@H](CO)[C@@H](O[C@@H]2O[C@H](CO)[C@H](O)[C@H](O)[C@H]2O)[C@@H]1O. The Kier molecular flexibility index (Phi) is 32.3. The van der Waals surface area contributed by atoms with E-state index < -0.39 is 335 Å². The lowest BCUT2D eigenvalue weighted by atomic mass is 9.93. The van der Waals surface area contributed by atoms with Crippen molar-refractivity contribution in [3.05, 3.63) is 0 Å². The summed E-state index contributed by atoms with van der Waals surface area (Å²) in [5.41, 5.74) is 0. The van der Waals surface area contributed by atoms with Crippen molar-refractivity contribution >= 4 is 24.1 Å². The molecule has 0 radical (unpaired) electrons. The summed E-state index contributed by atoms with van der Waals surface area (Å²) in [5.74, 6) is -2.86. The summed E-state index contributed by atoms with van der Waals surface area (Å²) in [6.07, 6.45) is -75.3. The molecule has 4 amide bonds. The minimum atomic E-state index is -2.53. The van der Waals surface area contributed by atoms with Gasteiger partial charge in [-0.15, -0.1) is 0 Å². The van der Waals surface area contributed by atoms with Crippen molar-refractivity contribution < 1.29 is 212 Å². The zero-order valence-electron chi connectivity index (χ0n) is 56.3. The number of hydrogen-bond acceptors (Lipinski definition) is 43. The van der Waals surface area contributed by atoms with Gasteiger partial charge in [-0.1, -0.05) is 0 Å². The third-order valence-electron chi connectivity index (χ3n) is 18.8. The number of rotatable bonds is 31. The van der Waals surface area contributed by atoms with Crippen LogP contribution in [0.3, 0.4) is 0 Å². The van der Waals surface area contributed by atoms with Gasteiger partial charge in [0.25, 0.3) is 0 Å². The van der Waals surface area contributed by atoms with Gasteiger partial charge >= 0.3 is 0 Å². The predicted molar refractivity (Wildman–Crippen MR) is 323 cm³/mol. The number of nitrogens with one attached hydrogen (secondary N) is 4. The number of hydrogen-bond donors (Lipinski definition) is 27. The van der Waals surface area contributed by atoms with Gasteiger partial charge in [0.2, 0.25) is 24.1 Å². The molecule has 41 atom stereocenters. The second-order valence-corrected chi connectivity index (χ2v) is 26.1. The van der Waals surface area contributed by atoms with Crippen LogP contribution in [0.1, 0.15) is 20.8 Å². The summed E-state index contributed by atoms with van der Waals surface area (Å²) in [4.78, 5) is 50.2. The number of carbonyl (C=O) groups excluding carboxylic acids is 4. The molecule has 0 aromatic carbocycles. The van der Waals surface area contributed by atoms with E-state index in [0.29, 0.717) is 0 Å². The molecule has 105 heavy (non-hydrogen) atoms.